The summed E-state index contributed by atoms with van der Waals surface area (Å²) in [5.74, 6) is 0.654. The van der Waals surface area contributed by atoms with E-state index in [2.05, 4.69) is 38.1 Å². The number of carbonyl (C=O) groups is 1. The zero-order chi connectivity index (χ0) is 17.1. The predicted octanol–water partition coefficient (Wildman–Crippen LogP) is 4.64. The Balaban J connectivity index is 1.74. The van der Waals surface area contributed by atoms with Crippen LogP contribution in [0.5, 0.6) is 0 Å². The summed E-state index contributed by atoms with van der Waals surface area (Å²) in [5, 5.41) is 2.97. The molecule has 4 nitrogen and oxygen atoms in total. The fourth-order valence-corrected chi connectivity index (χ4v) is 3.43. The van der Waals surface area contributed by atoms with Gasteiger partial charge in [-0.25, -0.2) is 0 Å². The van der Waals surface area contributed by atoms with E-state index in [-0.39, 0.29) is 5.91 Å². The first-order chi connectivity index (χ1) is 11.5. The molecule has 2 aromatic rings. The van der Waals surface area contributed by atoms with Gasteiger partial charge in [-0.15, -0.1) is 0 Å². The lowest BCUT2D eigenvalue weighted by atomic mass is 9.99. The van der Waals surface area contributed by atoms with E-state index in [9.17, 15) is 4.79 Å². The SMILES string of the molecule is Cc1cc(Br)ccc1NC(=O)c1cncc(N2CCC(C)CC2)c1. The van der Waals surface area contributed by atoms with Crippen molar-refractivity contribution in [2.24, 2.45) is 5.92 Å². The standard InChI is InChI=1S/C19H22BrN3O/c1-13-5-7-23(8-6-13)17-10-15(11-21-12-17)19(24)22-18-4-3-16(20)9-14(18)2/h3-4,9-13H,5-8H2,1-2H3,(H,22,24). The number of benzene rings is 1. The zero-order valence-electron chi connectivity index (χ0n) is 14.1. The Morgan fingerprint density at radius 3 is 2.71 bits per heavy atom. The molecule has 2 heterocycles. The fraction of sp³-hybridized carbons (Fsp3) is 0.368. The maximum Gasteiger partial charge on any atom is 0.257 e. The van der Waals surface area contributed by atoms with Crippen LogP contribution in [0.3, 0.4) is 0 Å². The molecule has 1 aliphatic rings. The van der Waals surface area contributed by atoms with Gasteiger partial charge in [-0.3, -0.25) is 9.78 Å². The number of anilines is 2. The molecule has 0 radical (unpaired) electrons. The topological polar surface area (TPSA) is 45.2 Å². The van der Waals surface area contributed by atoms with Gasteiger partial charge in [0, 0.05) is 29.4 Å². The minimum absolute atomic E-state index is 0.125. The van der Waals surface area contributed by atoms with Crippen LogP contribution >= 0.6 is 15.9 Å². The van der Waals surface area contributed by atoms with Gasteiger partial charge >= 0.3 is 0 Å². The quantitative estimate of drug-likeness (QED) is 0.833. The summed E-state index contributed by atoms with van der Waals surface area (Å²) >= 11 is 3.44. The monoisotopic (exact) mass is 387 g/mol. The van der Waals surface area contributed by atoms with Gasteiger partial charge in [0.25, 0.3) is 5.91 Å². The van der Waals surface area contributed by atoms with Gasteiger partial charge in [-0.05, 0) is 55.5 Å². The molecule has 5 heteroatoms. The first-order valence-electron chi connectivity index (χ1n) is 8.30. The van der Waals surface area contributed by atoms with Crippen LogP contribution in [0.1, 0.15) is 35.7 Å². The lowest BCUT2D eigenvalue weighted by Gasteiger charge is -2.32. The van der Waals surface area contributed by atoms with Crippen molar-refractivity contribution in [3.05, 3.63) is 52.3 Å². The average molecular weight is 388 g/mol. The highest BCUT2D eigenvalue weighted by Gasteiger charge is 2.17. The molecule has 1 aromatic carbocycles. The molecule has 1 saturated heterocycles. The Kier molecular flexibility index (Phi) is 5.19. The average Bonchev–Trinajstić information content (AvgIpc) is 2.58. The number of amides is 1. The van der Waals surface area contributed by atoms with E-state index in [1.165, 1.54) is 12.8 Å². The van der Waals surface area contributed by atoms with Crippen LogP contribution in [0.4, 0.5) is 11.4 Å². The molecular weight excluding hydrogens is 366 g/mol. The van der Waals surface area contributed by atoms with Crippen LogP contribution in [0.15, 0.2) is 41.1 Å². The molecule has 1 amide bonds. The molecule has 0 atom stereocenters. The van der Waals surface area contributed by atoms with E-state index in [1.807, 2.05) is 37.4 Å². The third-order valence-electron chi connectivity index (χ3n) is 4.57. The fourth-order valence-electron chi connectivity index (χ4n) is 2.95. The number of piperidine rings is 1. The minimum atomic E-state index is -0.125. The molecule has 0 spiro atoms. The molecule has 0 aliphatic carbocycles. The van der Waals surface area contributed by atoms with Crippen molar-refractivity contribution in [2.45, 2.75) is 26.7 Å². The number of pyridine rings is 1. The van der Waals surface area contributed by atoms with Crippen molar-refractivity contribution in [1.82, 2.24) is 4.98 Å². The largest absolute Gasteiger partial charge is 0.370 e. The maximum atomic E-state index is 12.6. The van der Waals surface area contributed by atoms with Gasteiger partial charge in [0.2, 0.25) is 0 Å². The van der Waals surface area contributed by atoms with Crippen LogP contribution in [-0.2, 0) is 0 Å². The summed E-state index contributed by atoms with van der Waals surface area (Å²) in [5.41, 5.74) is 3.46. The smallest absolute Gasteiger partial charge is 0.257 e. The van der Waals surface area contributed by atoms with E-state index in [4.69, 9.17) is 0 Å². The molecule has 0 bridgehead atoms. The number of rotatable bonds is 3. The Hall–Kier alpha value is -1.88. The van der Waals surface area contributed by atoms with Crippen LogP contribution < -0.4 is 10.2 Å². The number of nitrogens with one attached hydrogen (secondary N) is 1. The molecule has 1 aliphatic heterocycles. The third-order valence-corrected chi connectivity index (χ3v) is 5.06. The molecule has 126 valence electrons. The van der Waals surface area contributed by atoms with Crippen LogP contribution in [0.2, 0.25) is 0 Å². The van der Waals surface area contributed by atoms with E-state index in [1.54, 1.807) is 6.20 Å². The summed E-state index contributed by atoms with van der Waals surface area (Å²) in [6, 6.07) is 7.75. The molecule has 0 saturated carbocycles. The Morgan fingerprint density at radius 2 is 2.00 bits per heavy atom. The van der Waals surface area contributed by atoms with Crippen LogP contribution in [0, 0.1) is 12.8 Å². The van der Waals surface area contributed by atoms with Crippen LogP contribution in [0.25, 0.3) is 0 Å². The number of carbonyl (C=O) groups excluding carboxylic acids is 1. The molecular formula is C19H22BrN3O. The molecule has 1 aromatic heterocycles. The highest BCUT2D eigenvalue weighted by Crippen LogP contribution is 2.24. The normalized spacial score (nSPS) is 15.4. The van der Waals surface area contributed by atoms with E-state index >= 15 is 0 Å². The van der Waals surface area contributed by atoms with Crippen molar-refractivity contribution >= 4 is 33.2 Å². The number of aromatic nitrogens is 1. The van der Waals surface area contributed by atoms with Crippen molar-refractivity contribution in [1.29, 1.82) is 0 Å². The molecule has 1 N–H and O–H groups in total. The number of hydrogen-bond donors (Lipinski definition) is 1. The van der Waals surface area contributed by atoms with Gasteiger partial charge in [0.05, 0.1) is 17.4 Å². The number of aryl methyl sites for hydroxylation is 1. The first-order valence-corrected chi connectivity index (χ1v) is 9.10. The molecule has 24 heavy (non-hydrogen) atoms. The summed E-state index contributed by atoms with van der Waals surface area (Å²) in [4.78, 5) is 19.1. The lowest BCUT2D eigenvalue weighted by Crippen LogP contribution is -2.33. The predicted molar refractivity (Wildman–Crippen MR) is 102 cm³/mol. The second kappa shape index (κ2) is 7.34. The van der Waals surface area contributed by atoms with Gasteiger partial charge < -0.3 is 10.2 Å². The number of halogens is 1. The first kappa shape index (κ1) is 17.0. The van der Waals surface area contributed by atoms with Crippen molar-refractivity contribution < 1.29 is 4.79 Å². The summed E-state index contributed by atoms with van der Waals surface area (Å²) in [6.45, 7) is 6.32. The Morgan fingerprint density at radius 1 is 1.25 bits per heavy atom. The zero-order valence-corrected chi connectivity index (χ0v) is 15.6. The van der Waals surface area contributed by atoms with E-state index < -0.39 is 0 Å². The Bertz CT molecular complexity index is 739. The second-order valence-corrected chi connectivity index (χ2v) is 7.43. The highest BCUT2D eigenvalue weighted by atomic mass is 79.9. The van der Waals surface area contributed by atoms with Crippen molar-refractivity contribution in [3.8, 4) is 0 Å². The summed E-state index contributed by atoms with van der Waals surface area (Å²) in [7, 11) is 0. The van der Waals surface area contributed by atoms with E-state index in [0.29, 0.717) is 5.56 Å². The lowest BCUT2D eigenvalue weighted by molar-refractivity contribution is 0.102. The summed E-state index contributed by atoms with van der Waals surface area (Å²) < 4.78 is 1.00. The third kappa shape index (κ3) is 3.96. The highest BCUT2D eigenvalue weighted by molar-refractivity contribution is 9.10. The van der Waals surface area contributed by atoms with Crippen LogP contribution in [-0.4, -0.2) is 24.0 Å². The van der Waals surface area contributed by atoms with Crippen molar-refractivity contribution in [2.75, 3.05) is 23.3 Å². The minimum Gasteiger partial charge on any atom is -0.370 e. The second-order valence-electron chi connectivity index (χ2n) is 6.51. The van der Waals surface area contributed by atoms with Gasteiger partial charge in [-0.1, -0.05) is 22.9 Å². The molecule has 1 fully saturated rings. The maximum absolute atomic E-state index is 12.6. The van der Waals surface area contributed by atoms with Gasteiger partial charge in [-0.2, -0.15) is 0 Å². The number of hydrogen-bond acceptors (Lipinski definition) is 3. The van der Waals surface area contributed by atoms with Crippen molar-refractivity contribution in [3.63, 3.8) is 0 Å². The molecule has 3 rings (SSSR count). The summed E-state index contributed by atoms with van der Waals surface area (Å²) in [6.07, 6.45) is 5.85. The molecule has 0 unspecified atom stereocenters. The van der Waals surface area contributed by atoms with E-state index in [0.717, 1.165) is 40.4 Å². The van der Waals surface area contributed by atoms with Gasteiger partial charge in [0.1, 0.15) is 0 Å². The number of nitrogens with zero attached hydrogens (tertiary/aromatic N) is 2. The Labute approximate surface area is 151 Å². The van der Waals surface area contributed by atoms with Gasteiger partial charge in [0.15, 0.2) is 0 Å².